The molecule has 0 aliphatic heterocycles. The summed E-state index contributed by atoms with van der Waals surface area (Å²) >= 11 is 0. The normalized spacial score (nSPS) is 14.9. The van der Waals surface area contributed by atoms with Crippen molar-refractivity contribution in [2.45, 2.75) is 32.7 Å². The van der Waals surface area contributed by atoms with Crippen molar-refractivity contribution in [3.05, 3.63) is 0 Å². The molecule has 2 atom stereocenters. The summed E-state index contributed by atoms with van der Waals surface area (Å²) in [7, 11) is 1.77. The van der Waals surface area contributed by atoms with Crippen LogP contribution < -0.4 is 5.32 Å². The number of nitriles is 1. The Labute approximate surface area is 81.1 Å². The molecule has 1 N–H and O–H groups in total. The summed E-state index contributed by atoms with van der Waals surface area (Å²) < 4.78 is 5.41. The Morgan fingerprint density at radius 3 is 2.62 bits per heavy atom. The highest BCUT2D eigenvalue weighted by Crippen LogP contribution is 2.04. The van der Waals surface area contributed by atoms with E-state index < -0.39 is 0 Å². The maximum Gasteiger partial charge on any atom is 0.119 e. The van der Waals surface area contributed by atoms with Gasteiger partial charge in [-0.05, 0) is 19.4 Å². The van der Waals surface area contributed by atoms with Crippen LogP contribution in [0.3, 0.4) is 0 Å². The van der Waals surface area contributed by atoms with Gasteiger partial charge in [0.15, 0.2) is 0 Å². The first-order chi connectivity index (χ1) is 6.24. The zero-order valence-corrected chi connectivity index (χ0v) is 8.84. The van der Waals surface area contributed by atoms with Gasteiger partial charge in [-0.3, -0.25) is 0 Å². The van der Waals surface area contributed by atoms with E-state index in [1.54, 1.807) is 7.05 Å². The van der Waals surface area contributed by atoms with E-state index in [4.69, 9.17) is 10.00 Å². The summed E-state index contributed by atoms with van der Waals surface area (Å²) in [6.07, 6.45) is 2.38. The molecule has 0 rings (SSSR count). The first-order valence-electron chi connectivity index (χ1n) is 4.89. The Balaban J connectivity index is 3.38. The van der Waals surface area contributed by atoms with Gasteiger partial charge in [0.25, 0.3) is 0 Å². The van der Waals surface area contributed by atoms with Crippen molar-refractivity contribution in [2.24, 2.45) is 5.92 Å². The minimum absolute atomic E-state index is 0.172. The highest BCUT2D eigenvalue weighted by atomic mass is 16.5. The van der Waals surface area contributed by atoms with Crippen molar-refractivity contribution >= 4 is 0 Å². The van der Waals surface area contributed by atoms with Crippen molar-refractivity contribution < 1.29 is 4.74 Å². The molecule has 3 heteroatoms. The van der Waals surface area contributed by atoms with Gasteiger partial charge in [-0.15, -0.1) is 0 Å². The van der Waals surface area contributed by atoms with E-state index in [1.807, 2.05) is 0 Å². The SMILES string of the molecule is CCCC(C)COCC(C#N)NC. The molecule has 0 bridgehead atoms. The summed E-state index contributed by atoms with van der Waals surface area (Å²) in [5.41, 5.74) is 0. The number of nitrogens with one attached hydrogen (secondary N) is 1. The average Bonchev–Trinajstić information content (AvgIpc) is 2.13. The average molecular weight is 184 g/mol. The second kappa shape index (κ2) is 8.03. The van der Waals surface area contributed by atoms with Gasteiger partial charge < -0.3 is 10.1 Å². The Kier molecular flexibility index (Phi) is 7.66. The fourth-order valence-corrected chi connectivity index (χ4v) is 1.15. The summed E-state index contributed by atoms with van der Waals surface area (Å²) in [6.45, 7) is 5.58. The van der Waals surface area contributed by atoms with Crippen LogP contribution in [-0.4, -0.2) is 26.3 Å². The molecule has 0 heterocycles. The molecule has 0 aromatic carbocycles. The highest BCUT2D eigenvalue weighted by Gasteiger charge is 2.05. The van der Waals surface area contributed by atoms with Crippen LogP contribution in [0.15, 0.2) is 0 Å². The summed E-state index contributed by atoms with van der Waals surface area (Å²) in [6, 6.07) is 1.95. The van der Waals surface area contributed by atoms with Crippen molar-refractivity contribution in [2.75, 3.05) is 20.3 Å². The lowest BCUT2D eigenvalue weighted by molar-refractivity contribution is 0.0943. The van der Waals surface area contributed by atoms with E-state index >= 15 is 0 Å². The first-order valence-corrected chi connectivity index (χ1v) is 4.89. The maximum atomic E-state index is 8.60. The van der Waals surface area contributed by atoms with Crippen LogP contribution in [0.5, 0.6) is 0 Å². The third-order valence-electron chi connectivity index (χ3n) is 1.97. The zero-order valence-electron chi connectivity index (χ0n) is 8.84. The van der Waals surface area contributed by atoms with Crippen molar-refractivity contribution in [3.63, 3.8) is 0 Å². The molecule has 3 nitrogen and oxygen atoms in total. The van der Waals surface area contributed by atoms with Gasteiger partial charge in [-0.2, -0.15) is 5.26 Å². The lowest BCUT2D eigenvalue weighted by Gasteiger charge is -2.12. The summed E-state index contributed by atoms with van der Waals surface area (Å²) in [5, 5.41) is 11.5. The quantitative estimate of drug-likeness (QED) is 0.653. The number of hydrogen-bond acceptors (Lipinski definition) is 3. The lowest BCUT2D eigenvalue weighted by atomic mass is 10.1. The van der Waals surface area contributed by atoms with Crippen molar-refractivity contribution in [3.8, 4) is 6.07 Å². The van der Waals surface area contributed by atoms with E-state index in [0.29, 0.717) is 12.5 Å². The monoisotopic (exact) mass is 184 g/mol. The van der Waals surface area contributed by atoms with E-state index in [1.165, 1.54) is 12.8 Å². The topological polar surface area (TPSA) is 45.0 Å². The van der Waals surface area contributed by atoms with Gasteiger partial charge in [0.1, 0.15) is 6.04 Å². The largest absolute Gasteiger partial charge is 0.378 e. The minimum atomic E-state index is -0.172. The van der Waals surface area contributed by atoms with Crippen LogP contribution in [0.25, 0.3) is 0 Å². The van der Waals surface area contributed by atoms with Crippen molar-refractivity contribution in [1.82, 2.24) is 5.32 Å². The Bertz CT molecular complexity index is 153. The van der Waals surface area contributed by atoms with Gasteiger partial charge in [0.2, 0.25) is 0 Å². The number of rotatable bonds is 7. The standard InChI is InChI=1S/C10H20N2O/c1-4-5-9(2)7-13-8-10(6-11)12-3/h9-10,12H,4-5,7-8H2,1-3H3. The molecule has 0 aromatic rings. The lowest BCUT2D eigenvalue weighted by Crippen LogP contribution is -2.29. The smallest absolute Gasteiger partial charge is 0.119 e. The molecule has 0 saturated carbocycles. The van der Waals surface area contributed by atoms with Crippen LogP contribution in [-0.2, 0) is 4.74 Å². The molecule has 2 unspecified atom stereocenters. The molecule has 0 fully saturated rings. The van der Waals surface area contributed by atoms with E-state index in [9.17, 15) is 0 Å². The molecular formula is C10H20N2O. The molecule has 0 radical (unpaired) electrons. The Morgan fingerprint density at radius 1 is 1.46 bits per heavy atom. The Morgan fingerprint density at radius 2 is 2.15 bits per heavy atom. The molecular weight excluding hydrogens is 164 g/mol. The summed E-state index contributed by atoms with van der Waals surface area (Å²) in [5.74, 6) is 0.598. The number of nitrogens with zero attached hydrogens (tertiary/aromatic N) is 1. The van der Waals surface area contributed by atoms with E-state index in [0.717, 1.165) is 6.61 Å². The molecule has 0 spiro atoms. The number of hydrogen-bond donors (Lipinski definition) is 1. The van der Waals surface area contributed by atoms with E-state index in [-0.39, 0.29) is 6.04 Å². The molecule has 0 aromatic heterocycles. The van der Waals surface area contributed by atoms with Crippen molar-refractivity contribution in [1.29, 1.82) is 5.26 Å². The fourth-order valence-electron chi connectivity index (χ4n) is 1.15. The predicted molar refractivity (Wildman–Crippen MR) is 53.4 cm³/mol. The third kappa shape index (κ3) is 6.56. The molecule has 0 aliphatic rings. The second-order valence-corrected chi connectivity index (χ2v) is 3.40. The van der Waals surface area contributed by atoms with Gasteiger partial charge in [-0.1, -0.05) is 20.3 Å². The first kappa shape index (κ1) is 12.4. The predicted octanol–water partition coefficient (Wildman–Crippen LogP) is 1.55. The van der Waals surface area contributed by atoms with Crippen LogP contribution in [0.2, 0.25) is 0 Å². The molecule has 0 aliphatic carbocycles. The molecule has 76 valence electrons. The number of ether oxygens (including phenoxy) is 1. The third-order valence-corrected chi connectivity index (χ3v) is 1.97. The minimum Gasteiger partial charge on any atom is -0.378 e. The van der Waals surface area contributed by atoms with Crippen LogP contribution in [0.1, 0.15) is 26.7 Å². The molecule has 0 saturated heterocycles. The van der Waals surface area contributed by atoms with Crippen LogP contribution >= 0.6 is 0 Å². The van der Waals surface area contributed by atoms with Gasteiger partial charge in [-0.25, -0.2) is 0 Å². The highest BCUT2D eigenvalue weighted by molar-refractivity contribution is 4.88. The number of likely N-dealkylation sites (N-methyl/N-ethyl adjacent to an activating group) is 1. The van der Waals surface area contributed by atoms with Gasteiger partial charge in [0, 0.05) is 6.61 Å². The van der Waals surface area contributed by atoms with Gasteiger partial charge >= 0.3 is 0 Å². The zero-order chi connectivity index (χ0) is 10.1. The molecule has 13 heavy (non-hydrogen) atoms. The maximum absolute atomic E-state index is 8.60. The summed E-state index contributed by atoms with van der Waals surface area (Å²) in [4.78, 5) is 0. The second-order valence-electron chi connectivity index (χ2n) is 3.40. The molecule has 0 amide bonds. The Hall–Kier alpha value is -0.590. The van der Waals surface area contributed by atoms with Crippen LogP contribution in [0, 0.1) is 17.2 Å². The van der Waals surface area contributed by atoms with Gasteiger partial charge in [0.05, 0.1) is 12.7 Å². The van der Waals surface area contributed by atoms with Crippen LogP contribution in [0.4, 0.5) is 0 Å². The van der Waals surface area contributed by atoms with E-state index in [2.05, 4.69) is 25.2 Å². The fraction of sp³-hybridized carbons (Fsp3) is 0.900.